The lowest BCUT2D eigenvalue weighted by molar-refractivity contribution is 0.111. The number of carbonyl (C=O) groups excluding carboxylic acids is 1. The highest BCUT2D eigenvalue weighted by molar-refractivity contribution is 5.71. The number of aromatic nitrogens is 2. The van der Waals surface area contributed by atoms with Gasteiger partial charge in [0.25, 0.3) is 0 Å². The zero-order chi connectivity index (χ0) is 8.27. The van der Waals surface area contributed by atoms with Crippen molar-refractivity contribution >= 4 is 6.29 Å². The molecule has 0 saturated heterocycles. The van der Waals surface area contributed by atoms with Crippen LogP contribution in [-0.4, -0.2) is 16.3 Å². The average Bonchev–Trinajstić information content (AvgIpc) is 2.50. The molecule has 1 aromatic heterocycles. The Balaban J connectivity index is 2.90. The van der Waals surface area contributed by atoms with E-state index in [2.05, 4.69) is 9.97 Å². The third kappa shape index (κ3) is 1.44. The van der Waals surface area contributed by atoms with Gasteiger partial charge in [0.1, 0.15) is 11.7 Å². The molecule has 0 aliphatic rings. The van der Waals surface area contributed by atoms with E-state index in [0.29, 0.717) is 17.8 Å². The zero-order valence-electron chi connectivity index (χ0n) is 6.03. The largest absolute Gasteiger partial charge is 0.339 e. The molecule has 11 heavy (non-hydrogen) atoms. The molecule has 4 heteroatoms. The summed E-state index contributed by atoms with van der Waals surface area (Å²) in [4.78, 5) is 16.7. The van der Waals surface area contributed by atoms with Gasteiger partial charge in [0.15, 0.2) is 6.29 Å². The molecule has 0 bridgehead atoms. The Labute approximate surface area is 63.9 Å². The molecule has 1 aromatic rings. The Morgan fingerprint density at radius 1 is 1.91 bits per heavy atom. The van der Waals surface area contributed by atoms with Gasteiger partial charge in [0, 0.05) is 0 Å². The molecular weight excluding hydrogens is 142 g/mol. The van der Waals surface area contributed by atoms with Crippen LogP contribution in [0.15, 0.2) is 6.20 Å². The molecular formula is C7H7N3O. The summed E-state index contributed by atoms with van der Waals surface area (Å²) >= 11 is 0. The third-order valence-corrected chi connectivity index (χ3v) is 1.35. The first kappa shape index (κ1) is 7.48. The first-order chi connectivity index (χ1) is 5.27. The van der Waals surface area contributed by atoms with Crippen LogP contribution < -0.4 is 0 Å². The molecule has 4 nitrogen and oxygen atoms in total. The molecule has 1 heterocycles. The number of rotatable bonds is 2. The van der Waals surface area contributed by atoms with E-state index in [4.69, 9.17) is 5.26 Å². The van der Waals surface area contributed by atoms with E-state index >= 15 is 0 Å². The molecule has 1 N–H and O–H groups in total. The van der Waals surface area contributed by atoms with Crippen molar-refractivity contribution in [3.63, 3.8) is 0 Å². The third-order valence-electron chi connectivity index (χ3n) is 1.35. The Kier molecular flexibility index (Phi) is 2.02. The number of aromatic amines is 1. The maximum absolute atomic E-state index is 10.2. The van der Waals surface area contributed by atoms with E-state index in [-0.39, 0.29) is 5.92 Å². The van der Waals surface area contributed by atoms with E-state index in [1.807, 2.05) is 6.07 Å². The van der Waals surface area contributed by atoms with Crippen LogP contribution in [0.25, 0.3) is 0 Å². The smallest absolute Gasteiger partial charge is 0.167 e. The van der Waals surface area contributed by atoms with E-state index in [0.717, 1.165) is 0 Å². The Hall–Kier alpha value is -1.63. The highest BCUT2D eigenvalue weighted by atomic mass is 16.1. The second-order valence-electron chi connectivity index (χ2n) is 2.19. The van der Waals surface area contributed by atoms with Crippen molar-refractivity contribution in [3.8, 4) is 6.07 Å². The predicted molar refractivity (Wildman–Crippen MR) is 38.0 cm³/mol. The predicted octanol–water partition coefficient (Wildman–Crippen LogP) is 0.849. The summed E-state index contributed by atoms with van der Waals surface area (Å²) in [5.74, 6) is 0.248. The summed E-state index contributed by atoms with van der Waals surface area (Å²) < 4.78 is 0. The lowest BCUT2D eigenvalue weighted by atomic mass is 10.2. The molecule has 0 saturated carbocycles. The summed E-state index contributed by atoms with van der Waals surface area (Å²) in [5, 5.41) is 8.47. The summed E-state index contributed by atoms with van der Waals surface area (Å²) in [6.07, 6.45) is 2.08. The van der Waals surface area contributed by atoms with Crippen LogP contribution in [0.1, 0.15) is 29.2 Å². The summed E-state index contributed by atoms with van der Waals surface area (Å²) in [6.45, 7) is 1.72. The monoisotopic (exact) mass is 149 g/mol. The van der Waals surface area contributed by atoms with Crippen LogP contribution >= 0.6 is 0 Å². The van der Waals surface area contributed by atoms with E-state index in [9.17, 15) is 4.79 Å². The number of hydrogen-bond acceptors (Lipinski definition) is 3. The number of nitrogens with zero attached hydrogens (tertiary/aromatic N) is 2. The fourth-order valence-electron chi connectivity index (χ4n) is 0.693. The van der Waals surface area contributed by atoms with Crippen molar-refractivity contribution in [2.75, 3.05) is 0 Å². The topological polar surface area (TPSA) is 69.5 Å². The first-order valence-electron chi connectivity index (χ1n) is 3.17. The lowest BCUT2D eigenvalue weighted by Gasteiger charge is -1.92. The van der Waals surface area contributed by atoms with Gasteiger partial charge in [0.2, 0.25) is 0 Å². The fourth-order valence-corrected chi connectivity index (χ4v) is 0.693. The molecule has 0 spiro atoms. The van der Waals surface area contributed by atoms with Crippen LogP contribution in [0.3, 0.4) is 0 Å². The van der Waals surface area contributed by atoms with Gasteiger partial charge >= 0.3 is 0 Å². The van der Waals surface area contributed by atoms with Gasteiger partial charge in [-0.3, -0.25) is 4.79 Å². The molecule has 56 valence electrons. The average molecular weight is 149 g/mol. The summed E-state index contributed by atoms with van der Waals surface area (Å²) in [5.41, 5.74) is 0.405. The fraction of sp³-hybridized carbons (Fsp3) is 0.286. The number of H-pyrrole nitrogens is 1. The lowest BCUT2D eigenvalue weighted by Crippen LogP contribution is -1.92. The van der Waals surface area contributed by atoms with Gasteiger partial charge in [-0.15, -0.1) is 0 Å². The summed E-state index contributed by atoms with van der Waals surface area (Å²) in [7, 11) is 0. The number of aldehydes is 1. The first-order valence-corrected chi connectivity index (χ1v) is 3.17. The minimum absolute atomic E-state index is 0.288. The number of nitriles is 1. The van der Waals surface area contributed by atoms with Crippen molar-refractivity contribution in [2.45, 2.75) is 12.8 Å². The minimum atomic E-state index is -0.288. The van der Waals surface area contributed by atoms with Crippen molar-refractivity contribution in [1.82, 2.24) is 9.97 Å². The van der Waals surface area contributed by atoms with Gasteiger partial charge in [0.05, 0.1) is 18.0 Å². The standard InChI is InChI=1S/C7H7N3O/c1-5(2-8)7-9-3-6(4-11)10-7/h3-5H,1H3,(H,9,10). The molecule has 0 aliphatic carbocycles. The van der Waals surface area contributed by atoms with Gasteiger partial charge in [-0.25, -0.2) is 4.98 Å². The highest BCUT2D eigenvalue weighted by Crippen LogP contribution is 2.08. The quantitative estimate of drug-likeness (QED) is 0.633. The zero-order valence-corrected chi connectivity index (χ0v) is 6.03. The van der Waals surface area contributed by atoms with Crippen LogP contribution in [0.2, 0.25) is 0 Å². The Bertz CT molecular complexity index is 297. The maximum atomic E-state index is 10.2. The van der Waals surface area contributed by atoms with Gasteiger partial charge in [-0.05, 0) is 6.92 Å². The molecule has 1 rings (SSSR count). The molecule has 1 atom stereocenters. The molecule has 0 radical (unpaired) electrons. The van der Waals surface area contributed by atoms with Crippen LogP contribution in [0, 0.1) is 11.3 Å². The number of carbonyl (C=O) groups is 1. The Morgan fingerprint density at radius 2 is 2.64 bits per heavy atom. The highest BCUT2D eigenvalue weighted by Gasteiger charge is 2.06. The van der Waals surface area contributed by atoms with Crippen molar-refractivity contribution in [2.24, 2.45) is 0 Å². The summed E-state index contributed by atoms with van der Waals surface area (Å²) in [6, 6.07) is 2.01. The molecule has 0 fully saturated rings. The SMILES string of the molecule is CC(C#N)c1ncc(C=O)[nH]1. The van der Waals surface area contributed by atoms with Crippen LogP contribution in [0.5, 0.6) is 0 Å². The maximum Gasteiger partial charge on any atom is 0.167 e. The van der Waals surface area contributed by atoms with E-state index < -0.39 is 0 Å². The Morgan fingerprint density at radius 3 is 3.09 bits per heavy atom. The number of imidazole rings is 1. The minimum Gasteiger partial charge on any atom is -0.339 e. The van der Waals surface area contributed by atoms with Gasteiger partial charge < -0.3 is 4.98 Å². The number of nitrogens with one attached hydrogen (secondary N) is 1. The number of hydrogen-bond donors (Lipinski definition) is 1. The molecule has 0 amide bonds. The molecule has 1 unspecified atom stereocenters. The second kappa shape index (κ2) is 2.97. The van der Waals surface area contributed by atoms with Crippen molar-refractivity contribution in [3.05, 3.63) is 17.7 Å². The van der Waals surface area contributed by atoms with Crippen molar-refractivity contribution in [1.29, 1.82) is 5.26 Å². The molecule has 0 aromatic carbocycles. The molecule has 0 aliphatic heterocycles. The second-order valence-corrected chi connectivity index (χ2v) is 2.19. The van der Waals surface area contributed by atoms with Crippen molar-refractivity contribution < 1.29 is 4.79 Å². The van der Waals surface area contributed by atoms with Crippen LogP contribution in [-0.2, 0) is 0 Å². The van der Waals surface area contributed by atoms with Crippen LogP contribution in [0.4, 0.5) is 0 Å². The van der Waals surface area contributed by atoms with E-state index in [1.165, 1.54) is 6.20 Å². The van der Waals surface area contributed by atoms with Gasteiger partial charge in [-0.2, -0.15) is 5.26 Å². The normalized spacial score (nSPS) is 12.0. The van der Waals surface area contributed by atoms with Gasteiger partial charge in [-0.1, -0.05) is 0 Å². The van der Waals surface area contributed by atoms with E-state index in [1.54, 1.807) is 6.92 Å².